The first-order valence-electron chi connectivity index (χ1n) is 8.47. The summed E-state index contributed by atoms with van der Waals surface area (Å²) in [7, 11) is 0. The highest BCUT2D eigenvalue weighted by atomic mass is 16.3. The van der Waals surface area contributed by atoms with Gasteiger partial charge in [0.25, 0.3) is 5.91 Å². The van der Waals surface area contributed by atoms with Gasteiger partial charge in [-0.15, -0.1) is 5.10 Å². The van der Waals surface area contributed by atoms with Crippen LogP contribution in [0, 0.1) is 6.92 Å². The summed E-state index contributed by atoms with van der Waals surface area (Å²) in [6, 6.07) is 8.04. The molecule has 1 aliphatic rings. The number of β-amino-alcohol motifs (C(OH)–C–C–N with tert-alkyl or cyclic N) is 1. The fraction of sp³-hybridized carbons (Fsp3) is 0.500. The minimum absolute atomic E-state index is 0.195. The van der Waals surface area contributed by atoms with Crippen LogP contribution in [-0.4, -0.2) is 49.9 Å². The van der Waals surface area contributed by atoms with Crippen LogP contribution in [0.4, 0.5) is 0 Å². The molecule has 1 aromatic carbocycles. The van der Waals surface area contributed by atoms with Gasteiger partial charge in [-0.2, -0.15) is 0 Å². The van der Waals surface area contributed by atoms with Crippen molar-refractivity contribution in [2.45, 2.75) is 45.6 Å². The third kappa shape index (κ3) is 3.19. The molecule has 0 spiro atoms. The summed E-state index contributed by atoms with van der Waals surface area (Å²) < 4.78 is 1.74. The van der Waals surface area contributed by atoms with Crippen LogP contribution < -0.4 is 0 Å². The first-order valence-corrected chi connectivity index (χ1v) is 8.47. The van der Waals surface area contributed by atoms with Crippen LogP contribution in [0.3, 0.4) is 0 Å². The summed E-state index contributed by atoms with van der Waals surface area (Å²) >= 11 is 0. The molecule has 1 saturated heterocycles. The van der Waals surface area contributed by atoms with E-state index in [0.29, 0.717) is 24.8 Å². The summed E-state index contributed by atoms with van der Waals surface area (Å²) in [5.74, 6) is 1.02. The number of carbonyl (C=O) groups is 1. The Morgan fingerprint density at radius 1 is 1.33 bits per heavy atom. The molecule has 3 rings (SSSR count). The van der Waals surface area contributed by atoms with E-state index in [9.17, 15) is 9.90 Å². The van der Waals surface area contributed by atoms with E-state index in [-0.39, 0.29) is 11.7 Å². The first kappa shape index (κ1) is 16.6. The van der Waals surface area contributed by atoms with Crippen molar-refractivity contribution in [3.05, 3.63) is 41.5 Å². The Bertz CT molecular complexity index is 738. The Labute approximate surface area is 142 Å². The van der Waals surface area contributed by atoms with Gasteiger partial charge in [-0.05, 0) is 37.3 Å². The predicted molar refractivity (Wildman–Crippen MR) is 91.3 cm³/mol. The van der Waals surface area contributed by atoms with Crippen molar-refractivity contribution in [3.63, 3.8) is 0 Å². The highest BCUT2D eigenvalue weighted by Crippen LogP contribution is 2.23. The largest absolute Gasteiger partial charge is 0.391 e. The fourth-order valence-electron chi connectivity index (χ4n) is 3.16. The Kier molecular flexibility index (Phi) is 4.66. The second kappa shape index (κ2) is 6.73. The van der Waals surface area contributed by atoms with Crippen molar-refractivity contribution in [3.8, 4) is 5.69 Å². The van der Waals surface area contributed by atoms with Gasteiger partial charge in [0.05, 0.1) is 11.8 Å². The molecule has 1 aromatic heterocycles. The van der Waals surface area contributed by atoms with E-state index >= 15 is 0 Å². The first-order chi connectivity index (χ1) is 11.5. The molecule has 2 aromatic rings. The number of aliphatic hydroxyl groups excluding tert-OH is 1. The van der Waals surface area contributed by atoms with E-state index in [1.54, 1.807) is 9.58 Å². The average Bonchev–Trinajstić information content (AvgIpc) is 2.95. The number of benzene rings is 1. The molecule has 24 heavy (non-hydrogen) atoms. The molecule has 6 heteroatoms. The number of para-hydroxylation sites is 1. The molecule has 1 N–H and O–H groups in total. The standard InChI is InChI=1S/C18H24N4O2/c1-12(2)15-8-4-5-9-16(15)22-13(3)19-17(20-22)18(24)21-10-6-7-14(23)11-21/h4-5,8-9,12,14,23H,6-7,10-11H2,1-3H3. The highest BCUT2D eigenvalue weighted by molar-refractivity contribution is 5.90. The van der Waals surface area contributed by atoms with Crippen molar-refractivity contribution < 1.29 is 9.90 Å². The molecule has 1 unspecified atom stereocenters. The molecule has 2 heterocycles. The lowest BCUT2D eigenvalue weighted by atomic mass is 10.0. The van der Waals surface area contributed by atoms with Crippen LogP contribution in [0.5, 0.6) is 0 Å². The maximum Gasteiger partial charge on any atom is 0.293 e. The molecular formula is C18H24N4O2. The van der Waals surface area contributed by atoms with Crippen molar-refractivity contribution in [2.24, 2.45) is 0 Å². The van der Waals surface area contributed by atoms with E-state index in [0.717, 1.165) is 24.1 Å². The number of aliphatic hydroxyl groups is 1. The number of hydrogen-bond acceptors (Lipinski definition) is 4. The molecule has 1 amide bonds. The number of piperidine rings is 1. The molecule has 1 atom stereocenters. The third-order valence-electron chi connectivity index (χ3n) is 4.43. The lowest BCUT2D eigenvalue weighted by Gasteiger charge is -2.29. The number of rotatable bonds is 3. The van der Waals surface area contributed by atoms with E-state index in [1.165, 1.54) is 0 Å². The predicted octanol–water partition coefficient (Wildman–Crippen LogP) is 2.30. The Hall–Kier alpha value is -2.21. The van der Waals surface area contributed by atoms with E-state index in [4.69, 9.17) is 0 Å². The zero-order chi connectivity index (χ0) is 17.3. The SMILES string of the molecule is Cc1nc(C(=O)N2CCCC(O)C2)nn1-c1ccccc1C(C)C. The molecule has 0 radical (unpaired) electrons. The summed E-state index contributed by atoms with van der Waals surface area (Å²) in [5.41, 5.74) is 2.12. The molecule has 0 bridgehead atoms. The van der Waals surface area contributed by atoms with Crippen LogP contribution in [0.15, 0.2) is 24.3 Å². The summed E-state index contributed by atoms with van der Waals surface area (Å²) in [6.07, 6.45) is 1.10. The molecule has 0 saturated carbocycles. The minimum atomic E-state index is -0.451. The number of aryl methyl sites for hydroxylation is 1. The van der Waals surface area contributed by atoms with Gasteiger partial charge in [-0.3, -0.25) is 4.79 Å². The second-order valence-electron chi connectivity index (χ2n) is 6.66. The Balaban J connectivity index is 1.92. The second-order valence-corrected chi connectivity index (χ2v) is 6.66. The van der Waals surface area contributed by atoms with Gasteiger partial charge < -0.3 is 10.0 Å². The highest BCUT2D eigenvalue weighted by Gasteiger charge is 2.26. The number of likely N-dealkylation sites (tertiary alicyclic amines) is 1. The van der Waals surface area contributed by atoms with Gasteiger partial charge in [0, 0.05) is 13.1 Å². The lowest BCUT2D eigenvalue weighted by molar-refractivity contribution is 0.0464. The monoisotopic (exact) mass is 328 g/mol. The van der Waals surface area contributed by atoms with Gasteiger partial charge in [0.15, 0.2) is 0 Å². The van der Waals surface area contributed by atoms with Crippen molar-refractivity contribution in [1.29, 1.82) is 0 Å². The third-order valence-corrected chi connectivity index (χ3v) is 4.43. The quantitative estimate of drug-likeness (QED) is 0.938. The van der Waals surface area contributed by atoms with Crippen LogP contribution in [-0.2, 0) is 0 Å². The van der Waals surface area contributed by atoms with Crippen LogP contribution in [0.25, 0.3) is 5.69 Å². The topological polar surface area (TPSA) is 71.2 Å². The molecule has 6 nitrogen and oxygen atoms in total. The van der Waals surface area contributed by atoms with Gasteiger partial charge in [0.1, 0.15) is 5.82 Å². The number of amides is 1. The summed E-state index contributed by atoms with van der Waals surface area (Å²) in [4.78, 5) is 18.6. The van der Waals surface area contributed by atoms with Gasteiger partial charge >= 0.3 is 0 Å². The van der Waals surface area contributed by atoms with Crippen molar-refractivity contribution >= 4 is 5.91 Å². The fourth-order valence-corrected chi connectivity index (χ4v) is 3.16. The van der Waals surface area contributed by atoms with Crippen molar-refractivity contribution in [2.75, 3.05) is 13.1 Å². The zero-order valence-electron chi connectivity index (χ0n) is 14.4. The number of aromatic nitrogens is 3. The number of carbonyl (C=O) groups excluding carboxylic acids is 1. The average molecular weight is 328 g/mol. The van der Waals surface area contributed by atoms with E-state index in [1.807, 2.05) is 25.1 Å². The normalized spacial score (nSPS) is 18.2. The van der Waals surface area contributed by atoms with E-state index < -0.39 is 6.10 Å². The van der Waals surface area contributed by atoms with Crippen LogP contribution in [0.1, 0.15) is 54.6 Å². The molecule has 128 valence electrons. The summed E-state index contributed by atoms with van der Waals surface area (Å²) in [5, 5.41) is 14.2. The van der Waals surface area contributed by atoms with Crippen molar-refractivity contribution in [1.82, 2.24) is 19.7 Å². The number of hydrogen-bond donors (Lipinski definition) is 1. The van der Waals surface area contributed by atoms with Crippen LogP contribution >= 0.6 is 0 Å². The number of nitrogens with zero attached hydrogens (tertiary/aromatic N) is 4. The maximum atomic E-state index is 12.6. The Morgan fingerprint density at radius 3 is 2.79 bits per heavy atom. The molecule has 1 aliphatic heterocycles. The summed E-state index contributed by atoms with van der Waals surface area (Å²) in [6.45, 7) is 7.12. The smallest absolute Gasteiger partial charge is 0.293 e. The molecular weight excluding hydrogens is 304 g/mol. The maximum absolute atomic E-state index is 12.6. The van der Waals surface area contributed by atoms with Gasteiger partial charge in [-0.25, -0.2) is 9.67 Å². The molecule has 1 fully saturated rings. The van der Waals surface area contributed by atoms with E-state index in [2.05, 4.69) is 30.0 Å². The lowest BCUT2D eigenvalue weighted by Crippen LogP contribution is -2.42. The van der Waals surface area contributed by atoms with Gasteiger partial charge in [0.2, 0.25) is 5.82 Å². The van der Waals surface area contributed by atoms with Crippen LogP contribution in [0.2, 0.25) is 0 Å². The minimum Gasteiger partial charge on any atom is -0.391 e. The Morgan fingerprint density at radius 2 is 2.08 bits per heavy atom. The molecule has 0 aliphatic carbocycles. The zero-order valence-corrected chi connectivity index (χ0v) is 14.4. The van der Waals surface area contributed by atoms with Gasteiger partial charge in [-0.1, -0.05) is 32.0 Å².